The van der Waals surface area contributed by atoms with Crippen molar-refractivity contribution in [3.8, 4) is 11.5 Å². The van der Waals surface area contributed by atoms with Gasteiger partial charge in [0.15, 0.2) is 0 Å². The van der Waals surface area contributed by atoms with E-state index in [9.17, 15) is 9.59 Å². The summed E-state index contributed by atoms with van der Waals surface area (Å²) in [6, 6.07) is 12.2. The molecular formula is C17H17N3O4. The van der Waals surface area contributed by atoms with E-state index in [0.29, 0.717) is 35.5 Å². The van der Waals surface area contributed by atoms with Crippen molar-refractivity contribution in [1.82, 2.24) is 15.3 Å². The lowest BCUT2D eigenvalue weighted by atomic mass is 10.2. The minimum Gasteiger partial charge on any atom is -0.497 e. The van der Waals surface area contributed by atoms with Crippen LogP contribution in [0.15, 0.2) is 47.3 Å². The van der Waals surface area contributed by atoms with Gasteiger partial charge in [0.1, 0.15) is 18.1 Å². The summed E-state index contributed by atoms with van der Waals surface area (Å²) in [6.45, 7) is 0.716. The van der Waals surface area contributed by atoms with Crippen LogP contribution in [0, 0.1) is 0 Å². The van der Waals surface area contributed by atoms with Gasteiger partial charge in [-0.1, -0.05) is 0 Å². The van der Waals surface area contributed by atoms with E-state index in [-0.39, 0.29) is 11.6 Å². The Balaban J connectivity index is 1.51. The molecule has 0 aliphatic carbocycles. The number of aromatic nitrogens is 2. The fourth-order valence-corrected chi connectivity index (χ4v) is 2.28. The van der Waals surface area contributed by atoms with Gasteiger partial charge in [0.05, 0.1) is 24.7 Å². The van der Waals surface area contributed by atoms with Crippen LogP contribution in [0.3, 0.4) is 0 Å². The zero-order valence-corrected chi connectivity index (χ0v) is 13.1. The van der Waals surface area contributed by atoms with Crippen molar-refractivity contribution in [1.29, 1.82) is 0 Å². The van der Waals surface area contributed by atoms with E-state index in [2.05, 4.69) is 15.3 Å². The highest BCUT2D eigenvalue weighted by atomic mass is 16.5. The topological polar surface area (TPSA) is 96.2 Å². The predicted octanol–water partition coefficient (Wildman–Crippen LogP) is 1.67. The summed E-state index contributed by atoms with van der Waals surface area (Å²) < 4.78 is 10.6. The maximum atomic E-state index is 12.1. The van der Waals surface area contributed by atoms with E-state index >= 15 is 0 Å². The molecule has 3 rings (SSSR count). The zero-order chi connectivity index (χ0) is 16.9. The molecule has 7 nitrogen and oxygen atoms in total. The molecular weight excluding hydrogens is 310 g/mol. The number of carbonyl (C=O) groups is 1. The third kappa shape index (κ3) is 3.57. The number of nitrogens with one attached hydrogen (secondary N) is 3. The summed E-state index contributed by atoms with van der Waals surface area (Å²) in [6.07, 6.45) is 0. The number of rotatable bonds is 6. The molecule has 0 atom stereocenters. The molecule has 24 heavy (non-hydrogen) atoms. The van der Waals surface area contributed by atoms with Gasteiger partial charge in [0, 0.05) is 5.56 Å². The Morgan fingerprint density at radius 1 is 1.04 bits per heavy atom. The number of benzene rings is 2. The van der Waals surface area contributed by atoms with Crippen LogP contribution >= 0.6 is 0 Å². The van der Waals surface area contributed by atoms with Crippen LogP contribution in [-0.2, 0) is 0 Å². The van der Waals surface area contributed by atoms with Gasteiger partial charge in [0.2, 0.25) is 0 Å². The van der Waals surface area contributed by atoms with Crippen molar-refractivity contribution >= 4 is 16.9 Å². The smallest absolute Gasteiger partial charge is 0.323 e. The Hall–Kier alpha value is -3.22. The lowest BCUT2D eigenvalue weighted by Gasteiger charge is -2.08. The number of fused-ring (bicyclic) bond motifs is 1. The van der Waals surface area contributed by atoms with Crippen LogP contribution in [-0.4, -0.2) is 36.1 Å². The van der Waals surface area contributed by atoms with E-state index in [4.69, 9.17) is 9.47 Å². The normalized spacial score (nSPS) is 10.5. The summed E-state index contributed by atoms with van der Waals surface area (Å²) in [5.41, 5.74) is 1.44. The summed E-state index contributed by atoms with van der Waals surface area (Å²) in [5.74, 6) is 1.24. The minimum atomic E-state index is -0.296. The molecule has 1 heterocycles. The lowest BCUT2D eigenvalue weighted by molar-refractivity contribution is 0.0947. The van der Waals surface area contributed by atoms with Crippen molar-refractivity contribution < 1.29 is 14.3 Å². The first kappa shape index (κ1) is 15.7. The average Bonchev–Trinajstić information content (AvgIpc) is 2.98. The SMILES string of the molecule is COc1ccc(OCCNC(=O)c2ccc3[nH]c(=O)[nH]c3c2)cc1. The number of hydrogen-bond donors (Lipinski definition) is 3. The highest BCUT2D eigenvalue weighted by Crippen LogP contribution is 2.16. The minimum absolute atomic E-state index is 0.225. The molecule has 0 saturated heterocycles. The number of hydrogen-bond acceptors (Lipinski definition) is 4. The van der Waals surface area contributed by atoms with Gasteiger partial charge in [0.25, 0.3) is 5.91 Å². The molecule has 0 aliphatic rings. The van der Waals surface area contributed by atoms with Gasteiger partial charge in [-0.15, -0.1) is 0 Å². The Kier molecular flexibility index (Phi) is 4.51. The first-order chi connectivity index (χ1) is 11.7. The summed E-state index contributed by atoms with van der Waals surface area (Å²) in [7, 11) is 1.60. The second kappa shape index (κ2) is 6.91. The maximum absolute atomic E-state index is 12.1. The molecule has 124 valence electrons. The van der Waals surface area contributed by atoms with Crippen molar-refractivity contribution in [3.05, 3.63) is 58.5 Å². The number of amides is 1. The van der Waals surface area contributed by atoms with Crippen LogP contribution in [0.25, 0.3) is 11.0 Å². The molecule has 3 aromatic rings. The van der Waals surface area contributed by atoms with Gasteiger partial charge in [-0.3, -0.25) is 4.79 Å². The van der Waals surface area contributed by atoms with Crippen molar-refractivity contribution in [3.63, 3.8) is 0 Å². The third-order valence-electron chi connectivity index (χ3n) is 3.49. The molecule has 7 heteroatoms. The third-order valence-corrected chi connectivity index (χ3v) is 3.49. The molecule has 1 amide bonds. The molecule has 0 radical (unpaired) electrons. The molecule has 0 fully saturated rings. The number of imidazole rings is 1. The Bertz CT molecular complexity index is 896. The van der Waals surface area contributed by atoms with Gasteiger partial charge in [-0.25, -0.2) is 4.79 Å². The first-order valence-corrected chi connectivity index (χ1v) is 7.43. The number of aromatic amines is 2. The van der Waals surface area contributed by atoms with Crippen molar-refractivity contribution in [2.45, 2.75) is 0 Å². The monoisotopic (exact) mass is 327 g/mol. The van der Waals surface area contributed by atoms with Gasteiger partial charge < -0.3 is 24.8 Å². The second-order valence-electron chi connectivity index (χ2n) is 5.12. The van der Waals surface area contributed by atoms with E-state index in [1.165, 1.54) is 0 Å². The van der Waals surface area contributed by atoms with Gasteiger partial charge >= 0.3 is 5.69 Å². The van der Waals surface area contributed by atoms with Crippen molar-refractivity contribution in [2.75, 3.05) is 20.3 Å². The Morgan fingerprint density at radius 3 is 2.50 bits per heavy atom. The van der Waals surface area contributed by atoms with Crippen molar-refractivity contribution in [2.24, 2.45) is 0 Å². The van der Waals surface area contributed by atoms with Crippen LogP contribution in [0.2, 0.25) is 0 Å². The average molecular weight is 327 g/mol. The van der Waals surface area contributed by atoms with Crippen LogP contribution in [0.5, 0.6) is 11.5 Å². The van der Waals surface area contributed by atoms with Gasteiger partial charge in [-0.2, -0.15) is 0 Å². The summed E-state index contributed by atoms with van der Waals surface area (Å²) >= 11 is 0. The summed E-state index contributed by atoms with van der Waals surface area (Å²) in [4.78, 5) is 28.6. The Morgan fingerprint density at radius 2 is 1.75 bits per heavy atom. The molecule has 2 aromatic carbocycles. The van der Waals surface area contributed by atoms with E-state index in [0.717, 1.165) is 5.75 Å². The van der Waals surface area contributed by atoms with Crippen LogP contribution in [0.4, 0.5) is 0 Å². The second-order valence-corrected chi connectivity index (χ2v) is 5.12. The number of H-pyrrole nitrogens is 2. The quantitative estimate of drug-likeness (QED) is 0.600. The van der Waals surface area contributed by atoms with E-state index in [1.807, 2.05) is 0 Å². The van der Waals surface area contributed by atoms with Crippen LogP contribution < -0.4 is 20.5 Å². The fraction of sp³-hybridized carbons (Fsp3) is 0.176. The number of ether oxygens (including phenoxy) is 2. The Labute approximate surface area is 137 Å². The standard InChI is InChI=1S/C17H17N3O4/c1-23-12-3-5-13(6-4-12)24-9-8-18-16(21)11-2-7-14-15(10-11)20-17(22)19-14/h2-7,10H,8-9H2,1H3,(H,18,21)(H2,19,20,22). The highest BCUT2D eigenvalue weighted by Gasteiger charge is 2.07. The molecule has 0 bridgehead atoms. The number of carbonyl (C=O) groups excluding carboxylic acids is 1. The van der Waals surface area contributed by atoms with Gasteiger partial charge in [-0.05, 0) is 42.5 Å². The van der Waals surface area contributed by atoms with E-state index < -0.39 is 0 Å². The lowest BCUT2D eigenvalue weighted by Crippen LogP contribution is -2.28. The van der Waals surface area contributed by atoms with Crippen LogP contribution in [0.1, 0.15) is 10.4 Å². The fourth-order valence-electron chi connectivity index (χ4n) is 2.28. The predicted molar refractivity (Wildman–Crippen MR) is 89.7 cm³/mol. The van der Waals surface area contributed by atoms with E-state index in [1.54, 1.807) is 49.6 Å². The highest BCUT2D eigenvalue weighted by molar-refractivity contribution is 5.97. The zero-order valence-electron chi connectivity index (χ0n) is 13.1. The largest absolute Gasteiger partial charge is 0.497 e. The molecule has 0 unspecified atom stereocenters. The maximum Gasteiger partial charge on any atom is 0.323 e. The molecule has 3 N–H and O–H groups in total. The molecule has 0 spiro atoms. The summed E-state index contributed by atoms with van der Waals surface area (Å²) in [5, 5.41) is 2.77. The molecule has 0 saturated carbocycles. The molecule has 0 aliphatic heterocycles. The number of methoxy groups -OCH3 is 1. The molecule has 1 aromatic heterocycles. The first-order valence-electron chi connectivity index (χ1n) is 7.43.